The van der Waals surface area contributed by atoms with Crippen LogP contribution in [-0.4, -0.2) is 11.8 Å². The Hall–Kier alpha value is -0.600. The Bertz CT molecular complexity index is 159. The summed E-state index contributed by atoms with van der Waals surface area (Å²) >= 11 is 0. The van der Waals surface area contributed by atoms with E-state index in [4.69, 9.17) is 5.21 Å². The van der Waals surface area contributed by atoms with E-state index in [1.54, 1.807) is 0 Å². The van der Waals surface area contributed by atoms with Gasteiger partial charge >= 0.3 is 0 Å². The minimum absolute atomic E-state index is 0.513. The average molecular weight is 141 g/mol. The van der Waals surface area contributed by atoms with Crippen LogP contribution in [0, 0.1) is 0 Å². The summed E-state index contributed by atoms with van der Waals surface area (Å²) in [5, 5.41) is 8.35. The molecule has 0 aliphatic carbocycles. The Morgan fingerprint density at radius 3 is 2.20 bits per heavy atom. The molecular weight excluding hydrogens is 126 g/mol. The van der Waals surface area contributed by atoms with Gasteiger partial charge < -0.3 is 5.21 Å². The van der Waals surface area contributed by atoms with Gasteiger partial charge in [0.05, 0.1) is 0 Å². The van der Waals surface area contributed by atoms with Crippen molar-refractivity contribution in [2.75, 3.05) is 6.54 Å². The van der Waals surface area contributed by atoms with E-state index in [1.165, 1.54) is 0 Å². The lowest BCUT2D eigenvalue weighted by atomic mass is 10.1. The molecule has 10 heavy (non-hydrogen) atoms. The van der Waals surface area contributed by atoms with Crippen LogP contribution in [0.3, 0.4) is 0 Å². The molecule has 0 aliphatic heterocycles. The molecule has 0 aliphatic rings. The van der Waals surface area contributed by atoms with Crippen LogP contribution in [0.1, 0.15) is 20.8 Å². The van der Waals surface area contributed by atoms with E-state index < -0.39 is 0 Å². The molecule has 0 rings (SSSR count). The summed E-state index contributed by atoms with van der Waals surface area (Å²) in [6.07, 6.45) is 0. The molecule has 0 radical (unpaired) electrons. The smallest absolute Gasteiger partial charge is 0.0420 e. The predicted molar refractivity (Wildman–Crippen MR) is 43.0 cm³/mol. The highest BCUT2D eigenvalue weighted by atomic mass is 16.5. The monoisotopic (exact) mass is 141 g/mol. The molecule has 0 bridgehead atoms. The third kappa shape index (κ3) is 2.80. The van der Waals surface area contributed by atoms with Gasteiger partial charge in [0.1, 0.15) is 0 Å². The maximum atomic E-state index is 8.35. The van der Waals surface area contributed by atoms with Crippen LogP contribution < -0.4 is 5.48 Å². The van der Waals surface area contributed by atoms with Gasteiger partial charge in [0.25, 0.3) is 0 Å². The first-order chi connectivity index (χ1) is 4.59. The van der Waals surface area contributed by atoms with Gasteiger partial charge in [-0.2, -0.15) is 0 Å². The van der Waals surface area contributed by atoms with Crippen LogP contribution in [-0.2, 0) is 0 Å². The van der Waals surface area contributed by atoms with Crippen molar-refractivity contribution < 1.29 is 5.21 Å². The van der Waals surface area contributed by atoms with Gasteiger partial charge in [-0.05, 0) is 26.3 Å². The van der Waals surface area contributed by atoms with Crippen LogP contribution in [0.5, 0.6) is 0 Å². The number of allylic oxidation sites excluding steroid dienone is 2. The summed E-state index contributed by atoms with van der Waals surface area (Å²) in [7, 11) is 0. The van der Waals surface area contributed by atoms with Gasteiger partial charge in [0.15, 0.2) is 0 Å². The van der Waals surface area contributed by atoms with E-state index in [0.717, 1.165) is 16.7 Å². The van der Waals surface area contributed by atoms with Gasteiger partial charge in [-0.15, -0.1) is 0 Å². The summed E-state index contributed by atoms with van der Waals surface area (Å²) < 4.78 is 0. The van der Waals surface area contributed by atoms with Gasteiger partial charge in [0, 0.05) is 6.54 Å². The van der Waals surface area contributed by atoms with Gasteiger partial charge in [0.2, 0.25) is 0 Å². The van der Waals surface area contributed by atoms with E-state index in [1.807, 2.05) is 20.8 Å². The molecule has 0 saturated carbocycles. The first-order valence-electron chi connectivity index (χ1n) is 3.28. The lowest BCUT2D eigenvalue weighted by molar-refractivity contribution is 0.177. The first kappa shape index (κ1) is 9.40. The van der Waals surface area contributed by atoms with Crippen LogP contribution >= 0.6 is 0 Å². The van der Waals surface area contributed by atoms with Crippen molar-refractivity contribution >= 4 is 0 Å². The molecule has 0 aromatic heterocycles. The fourth-order valence-electron chi connectivity index (χ4n) is 0.615. The van der Waals surface area contributed by atoms with Gasteiger partial charge in [-0.3, -0.25) is 0 Å². The molecule has 58 valence electrons. The predicted octanol–water partition coefficient (Wildman–Crippen LogP) is 1.88. The molecule has 0 spiro atoms. The third-order valence-electron chi connectivity index (χ3n) is 1.62. The minimum atomic E-state index is 0.513. The average Bonchev–Trinajstić information content (AvgIpc) is 1.87. The first-order valence-corrected chi connectivity index (χ1v) is 3.28. The Balaban J connectivity index is 4.19. The second-order valence-corrected chi connectivity index (χ2v) is 2.52. The number of nitrogens with one attached hydrogen (secondary N) is 1. The van der Waals surface area contributed by atoms with Crippen LogP contribution in [0.15, 0.2) is 23.3 Å². The fraction of sp³-hybridized carbons (Fsp3) is 0.500. The van der Waals surface area contributed by atoms with Crippen molar-refractivity contribution in [1.82, 2.24) is 5.48 Å². The largest absolute Gasteiger partial charge is 0.317 e. The van der Waals surface area contributed by atoms with Crippen LogP contribution in [0.4, 0.5) is 0 Å². The molecule has 0 unspecified atom stereocenters. The number of hydroxylamine groups is 1. The number of hydrogen-bond acceptors (Lipinski definition) is 2. The van der Waals surface area contributed by atoms with E-state index in [2.05, 4.69) is 12.1 Å². The SMILES string of the molecule is C=C(C)/C(C)=C(\C)CNO. The molecule has 0 saturated heterocycles. The molecule has 2 N–H and O–H groups in total. The van der Waals surface area contributed by atoms with Crippen LogP contribution in [0.25, 0.3) is 0 Å². The second kappa shape index (κ2) is 4.25. The topological polar surface area (TPSA) is 32.3 Å². The molecule has 0 fully saturated rings. The maximum Gasteiger partial charge on any atom is 0.0420 e. The maximum absolute atomic E-state index is 8.35. The lowest BCUT2D eigenvalue weighted by Crippen LogP contribution is -2.10. The zero-order valence-electron chi connectivity index (χ0n) is 6.86. The van der Waals surface area contributed by atoms with Crippen molar-refractivity contribution in [2.45, 2.75) is 20.8 Å². The highest BCUT2D eigenvalue weighted by Crippen LogP contribution is 2.10. The van der Waals surface area contributed by atoms with Gasteiger partial charge in [-0.1, -0.05) is 17.7 Å². The van der Waals surface area contributed by atoms with Crippen molar-refractivity contribution in [3.05, 3.63) is 23.3 Å². The second-order valence-electron chi connectivity index (χ2n) is 2.52. The highest BCUT2D eigenvalue weighted by molar-refractivity contribution is 5.29. The Kier molecular flexibility index (Phi) is 4.00. The number of hydrogen-bond donors (Lipinski definition) is 2. The van der Waals surface area contributed by atoms with E-state index >= 15 is 0 Å². The third-order valence-corrected chi connectivity index (χ3v) is 1.62. The van der Waals surface area contributed by atoms with Crippen molar-refractivity contribution in [1.29, 1.82) is 0 Å². The molecule has 2 nitrogen and oxygen atoms in total. The summed E-state index contributed by atoms with van der Waals surface area (Å²) in [5.41, 5.74) is 5.43. The molecular formula is C8H15NO. The molecule has 0 aromatic carbocycles. The quantitative estimate of drug-likeness (QED) is 0.464. The molecule has 0 amide bonds. The van der Waals surface area contributed by atoms with Crippen LogP contribution in [0.2, 0.25) is 0 Å². The number of rotatable bonds is 3. The summed E-state index contributed by atoms with van der Waals surface area (Å²) in [6, 6.07) is 0. The molecule has 2 heteroatoms. The minimum Gasteiger partial charge on any atom is -0.317 e. The zero-order valence-corrected chi connectivity index (χ0v) is 6.86. The normalized spacial score (nSPS) is 12.8. The molecule has 0 atom stereocenters. The van der Waals surface area contributed by atoms with Crippen molar-refractivity contribution in [3.8, 4) is 0 Å². The summed E-state index contributed by atoms with van der Waals surface area (Å²) in [5.74, 6) is 0. The Morgan fingerprint density at radius 2 is 1.90 bits per heavy atom. The van der Waals surface area contributed by atoms with E-state index in [-0.39, 0.29) is 0 Å². The zero-order chi connectivity index (χ0) is 8.15. The van der Waals surface area contributed by atoms with Crippen molar-refractivity contribution in [2.24, 2.45) is 0 Å². The highest BCUT2D eigenvalue weighted by Gasteiger charge is 1.95. The van der Waals surface area contributed by atoms with Crippen molar-refractivity contribution in [3.63, 3.8) is 0 Å². The lowest BCUT2D eigenvalue weighted by Gasteiger charge is -2.05. The Labute approximate surface area is 62.2 Å². The van der Waals surface area contributed by atoms with E-state index in [0.29, 0.717) is 6.54 Å². The fourth-order valence-corrected chi connectivity index (χ4v) is 0.615. The van der Waals surface area contributed by atoms with E-state index in [9.17, 15) is 0 Å². The van der Waals surface area contributed by atoms with Gasteiger partial charge in [-0.25, -0.2) is 5.48 Å². The summed E-state index contributed by atoms with van der Waals surface area (Å²) in [4.78, 5) is 0. The molecule has 0 aromatic rings. The Morgan fingerprint density at radius 1 is 1.40 bits per heavy atom. The summed E-state index contributed by atoms with van der Waals surface area (Å²) in [6.45, 7) is 10.2. The molecule has 0 heterocycles. The standard InChI is InChI=1S/C8H15NO/c1-6(2)8(4)7(3)5-9-10/h9-10H,1,5H2,2-4H3/b8-7+.